The summed E-state index contributed by atoms with van der Waals surface area (Å²) in [5.74, 6) is -0.0443. The van der Waals surface area contributed by atoms with Gasteiger partial charge in [-0.1, -0.05) is 35.9 Å². The number of carbonyl (C=O) groups is 2. The molecule has 5 heteroatoms. The van der Waals surface area contributed by atoms with E-state index < -0.39 is 0 Å². The minimum absolute atomic E-state index is 0.0443. The Morgan fingerprint density at radius 2 is 1.59 bits per heavy atom. The normalized spacial score (nSPS) is 14.7. The Labute approximate surface area is 160 Å². The molecule has 2 N–H and O–H groups in total. The second kappa shape index (κ2) is 8.25. The van der Waals surface area contributed by atoms with Crippen LogP contribution >= 0.6 is 0 Å². The van der Waals surface area contributed by atoms with E-state index in [1.54, 1.807) is 0 Å². The van der Waals surface area contributed by atoms with Crippen molar-refractivity contribution < 1.29 is 9.59 Å². The van der Waals surface area contributed by atoms with Crippen molar-refractivity contribution in [2.24, 2.45) is 0 Å². The van der Waals surface area contributed by atoms with E-state index in [0.717, 1.165) is 35.2 Å². The molecule has 0 aliphatic carbocycles. The maximum atomic E-state index is 12.6. The first kappa shape index (κ1) is 19.0. The van der Waals surface area contributed by atoms with Crippen LogP contribution in [0.15, 0.2) is 42.5 Å². The largest absolute Gasteiger partial charge is 0.349 e. The number of benzene rings is 2. The summed E-state index contributed by atoms with van der Waals surface area (Å²) < 4.78 is 0. The Bertz CT molecular complexity index is 819. The van der Waals surface area contributed by atoms with Crippen LogP contribution in [-0.4, -0.2) is 36.0 Å². The zero-order valence-corrected chi connectivity index (χ0v) is 16.2. The van der Waals surface area contributed by atoms with Gasteiger partial charge in [-0.15, -0.1) is 0 Å². The van der Waals surface area contributed by atoms with Gasteiger partial charge < -0.3 is 15.5 Å². The van der Waals surface area contributed by atoms with E-state index >= 15 is 0 Å². The van der Waals surface area contributed by atoms with E-state index in [1.165, 1.54) is 0 Å². The number of nitrogens with one attached hydrogen (secondary N) is 2. The summed E-state index contributed by atoms with van der Waals surface area (Å²) in [6, 6.07) is 13.6. The Hall–Kier alpha value is -2.82. The quantitative estimate of drug-likeness (QED) is 0.862. The third kappa shape index (κ3) is 4.67. The van der Waals surface area contributed by atoms with Gasteiger partial charge in [0.1, 0.15) is 0 Å². The summed E-state index contributed by atoms with van der Waals surface area (Å²) in [4.78, 5) is 26.8. The molecule has 1 fully saturated rings. The van der Waals surface area contributed by atoms with Crippen LogP contribution in [0.2, 0.25) is 0 Å². The molecule has 2 aromatic carbocycles. The van der Waals surface area contributed by atoms with Gasteiger partial charge in [0.2, 0.25) is 0 Å². The number of urea groups is 1. The molecule has 0 saturated carbocycles. The van der Waals surface area contributed by atoms with Gasteiger partial charge in [0, 0.05) is 30.4 Å². The monoisotopic (exact) mass is 365 g/mol. The highest BCUT2D eigenvalue weighted by atomic mass is 16.2. The predicted octanol–water partition coefficient (Wildman–Crippen LogP) is 4.04. The molecule has 5 nitrogen and oxygen atoms in total. The number of likely N-dealkylation sites (tertiary alicyclic amines) is 1. The van der Waals surface area contributed by atoms with E-state index in [0.29, 0.717) is 18.7 Å². The van der Waals surface area contributed by atoms with E-state index in [2.05, 4.69) is 10.6 Å². The fraction of sp³-hybridized carbons (Fsp3) is 0.364. The van der Waals surface area contributed by atoms with Gasteiger partial charge in [-0.3, -0.25) is 4.79 Å². The van der Waals surface area contributed by atoms with Crippen LogP contribution in [0.3, 0.4) is 0 Å². The van der Waals surface area contributed by atoms with Crippen molar-refractivity contribution >= 4 is 17.6 Å². The molecule has 0 unspecified atom stereocenters. The molecule has 0 bridgehead atoms. The summed E-state index contributed by atoms with van der Waals surface area (Å²) in [5.41, 5.74) is 4.76. The fourth-order valence-corrected chi connectivity index (χ4v) is 3.48. The van der Waals surface area contributed by atoms with E-state index in [-0.39, 0.29) is 18.0 Å². The Morgan fingerprint density at radius 3 is 2.22 bits per heavy atom. The number of carbonyl (C=O) groups excluding carboxylic acids is 2. The smallest absolute Gasteiger partial charge is 0.321 e. The van der Waals surface area contributed by atoms with E-state index in [1.807, 2.05) is 68.1 Å². The third-order valence-electron chi connectivity index (χ3n) is 5.11. The number of anilines is 1. The van der Waals surface area contributed by atoms with Crippen LogP contribution in [0.1, 0.15) is 39.9 Å². The first-order valence-electron chi connectivity index (χ1n) is 9.43. The minimum atomic E-state index is -0.0733. The zero-order chi connectivity index (χ0) is 19.4. The summed E-state index contributed by atoms with van der Waals surface area (Å²) in [6.07, 6.45) is 1.52. The zero-order valence-electron chi connectivity index (χ0n) is 16.2. The van der Waals surface area contributed by atoms with Gasteiger partial charge in [-0.25, -0.2) is 4.79 Å². The van der Waals surface area contributed by atoms with Crippen LogP contribution in [0.25, 0.3) is 0 Å². The first-order chi connectivity index (χ1) is 12.9. The van der Waals surface area contributed by atoms with Gasteiger partial charge in [-0.05, 0) is 56.9 Å². The Kier molecular flexibility index (Phi) is 5.79. The molecule has 1 saturated heterocycles. The standard InChI is InChI=1S/C22H27N3O2/c1-15-6-4-9-18(14-15)21(26)23-19-10-12-25(13-11-19)22(27)24-20-16(2)7-5-8-17(20)3/h4-9,14,19H,10-13H2,1-3H3,(H,23,26)(H,24,27). The molecule has 0 spiro atoms. The molecule has 1 heterocycles. The fourth-order valence-electron chi connectivity index (χ4n) is 3.48. The van der Waals surface area contributed by atoms with Crippen molar-refractivity contribution in [3.8, 4) is 0 Å². The number of aryl methyl sites for hydroxylation is 3. The van der Waals surface area contributed by atoms with E-state index in [4.69, 9.17) is 0 Å². The first-order valence-corrected chi connectivity index (χ1v) is 9.43. The summed E-state index contributed by atoms with van der Waals surface area (Å²) in [6.45, 7) is 7.24. The molecule has 27 heavy (non-hydrogen) atoms. The molecule has 2 aromatic rings. The van der Waals surface area contributed by atoms with Crippen LogP contribution in [0, 0.1) is 20.8 Å². The molecule has 0 radical (unpaired) electrons. The predicted molar refractivity (Wildman–Crippen MR) is 108 cm³/mol. The van der Waals surface area contributed by atoms with Gasteiger partial charge >= 0.3 is 6.03 Å². The van der Waals surface area contributed by atoms with E-state index in [9.17, 15) is 9.59 Å². The van der Waals surface area contributed by atoms with Crippen molar-refractivity contribution in [1.82, 2.24) is 10.2 Å². The number of nitrogens with zero attached hydrogens (tertiary/aromatic N) is 1. The maximum absolute atomic E-state index is 12.6. The highest BCUT2D eigenvalue weighted by molar-refractivity contribution is 5.94. The maximum Gasteiger partial charge on any atom is 0.321 e. The molecule has 1 aliphatic rings. The number of rotatable bonds is 3. The van der Waals surface area contributed by atoms with Crippen molar-refractivity contribution in [2.75, 3.05) is 18.4 Å². The van der Waals surface area contributed by atoms with Crippen LogP contribution in [0.4, 0.5) is 10.5 Å². The van der Waals surface area contributed by atoms with Crippen LogP contribution in [0.5, 0.6) is 0 Å². The molecule has 1 aliphatic heterocycles. The second-order valence-corrected chi connectivity index (χ2v) is 7.30. The topological polar surface area (TPSA) is 61.4 Å². The summed E-state index contributed by atoms with van der Waals surface area (Å²) >= 11 is 0. The highest BCUT2D eigenvalue weighted by Gasteiger charge is 2.24. The summed E-state index contributed by atoms with van der Waals surface area (Å²) in [5, 5.41) is 6.13. The lowest BCUT2D eigenvalue weighted by molar-refractivity contribution is 0.0919. The van der Waals surface area contributed by atoms with Gasteiger partial charge in [0.15, 0.2) is 0 Å². The number of hydrogen-bond donors (Lipinski definition) is 2. The van der Waals surface area contributed by atoms with Crippen molar-refractivity contribution in [3.63, 3.8) is 0 Å². The van der Waals surface area contributed by atoms with Crippen LogP contribution < -0.4 is 10.6 Å². The number of hydrogen-bond acceptors (Lipinski definition) is 2. The molecular formula is C22H27N3O2. The number of piperidine rings is 1. The van der Waals surface area contributed by atoms with Crippen molar-refractivity contribution in [1.29, 1.82) is 0 Å². The van der Waals surface area contributed by atoms with Crippen molar-refractivity contribution in [2.45, 2.75) is 39.7 Å². The Morgan fingerprint density at radius 1 is 0.963 bits per heavy atom. The van der Waals surface area contributed by atoms with Gasteiger partial charge in [0.25, 0.3) is 5.91 Å². The van der Waals surface area contributed by atoms with Gasteiger partial charge in [-0.2, -0.15) is 0 Å². The molecule has 142 valence electrons. The molecular weight excluding hydrogens is 338 g/mol. The lowest BCUT2D eigenvalue weighted by Crippen LogP contribution is -2.47. The third-order valence-corrected chi connectivity index (χ3v) is 5.11. The number of amides is 3. The molecule has 3 amide bonds. The van der Waals surface area contributed by atoms with Crippen molar-refractivity contribution in [3.05, 3.63) is 64.7 Å². The highest BCUT2D eigenvalue weighted by Crippen LogP contribution is 2.21. The average Bonchev–Trinajstić information content (AvgIpc) is 2.65. The average molecular weight is 365 g/mol. The summed E-state index contributed by atoms with van der Waals surface area (Å²) in [7, 11) is 0. The Balaban J connectivity index is 1.52. The minimum Gasteiger partial charge on any atom is -0.349 e. The lowest BCUT2D eigenvalue weighted by atomic mass is 10.0. The molecule has 0 aromatic heterocycles. The lowest BCUT2D eigenvalue weighted by Gasteiger charge is -2.32. The molecule has 3 rings (SSSR count). The second-order valence-electron chi connectivity index (χ2n) is 7.30. The number of para-hydroxylation sites is 1. The van der Waals surface area contributed by atoms with Gasteiger partial charge in [0.05, 0.1) is 0 Å². The SMILES string of the molecule is Cc1cccc(C(=O)NC2CCN(C(=O)Nc3c(C)cccc3C)CC2)c1. The molecule has 0 atom stereocenters. The van der Waals surface area contributed by atoms with Crippen LogP contribution in [-0.2, 0) is 0 Å².